The van der Waals surface area contributed by atoms with Gasteiger partial charge in [-0.05, 0) is 23.3 Å². The van der Waals surface area contributed by atoms with E-state index >= 15 is 0 Å². The quantitative estimate of drug-likeness (QED) is 0.683. The van der Waals surface area contributed by atoms with Gasteiger partial charge in [0.05, 0.1) is 12.0 Å². The molecule has 0 aliphatic carbocycles. The molecule has 6 nitrogen and oxygen atoms in total. The summed E-state index contributed by atoms with van der Waals surface area (Å²) < 4.78 is 5.03. The summed E-state index contributed by atoms with van der Waals surface area (Å²) in [6.45, 7) is 0. The van der Waals surface area contributed by atoms with E-state index < -0.39 is 10.9 Å². The minimum absolute atomic E-state index is 0.0243. The van der Waals surface area contributed by atoms with Gasteiger partial charge in [-0.15, -0.1) is 0 Å². The lowest BCUT2D eigenvalue weighted by Gasteiger charge is -2.08. The first-order valence-corrected chi connectivity index (χ1v) is 5.69. The molecule has 0 radical (unpaired) electrons. The van der Waals surface area contributed by atoms with Crippen LogP contribution in [-0.4, -0.2) is 23.1 Å². The van der Waals surface area contributed by atoms with Crippen molar-refractivity contribution in [3.05, 3.63) is 58.1 Å². The summed E-state index contributed by atoms with van der Waals surface area (Å²) in [6, 6.07) is 10.7. The van der Waals surface area contributed by atoms with Crippen LogP contribution in [0.25, 0.3) is 11.1 Å². The first kappa shape index (κ1) is 13.5. The van der Waals surface area contributed by atoms with Gasteiger partial charge in [-0.1, -0.05) is 18.2 Å². The molecule has 2 rings (SSSR count). The molecule has 102 valence electrons. The number of nitro groups is 1. The standard InChI is InChI=1S/C14H11NO5/c1-20-13-8-10(5-6-12(13)14(16)17)9-3-2-4-11(7-9)15(18)19/h2-8H,1H3,(H,16,17). The van der Waals surface area contributed by atoms with Crippen molar-refractivity contribution in [1.29, 1.82) is 0 Å². The molecule has 0 saturated carbocycles. The van der Waals surface area contributed by atoms with Gasteiger partial charge in [0, 0.05) is 12.1 Å². The maximum absolute atomic E-state index is 11.0. The second-order valence-electron chi connectivity index (χ2n) is 4.03. The Hall–Kier alpha value is -2.89. The van der Waals surface area contributed by atoms with E-state index in [4.69, 9.17) is 9.84 Å². The number of benzene rings is 2. The van der Waals surface area contributed by atoms with E-state index in [1.54, 1.807) is 24.3 Å². The molecule has 0 aromatic heterocycles. The highest BCUT2D eigenvalue weighted by Gasteiger charge is 2.13. The highest BCUT2D eigenvalue weighted by molar-refractivity contribution is 5.92. The smallest absolute Gasteiger partial charge is 0.339 e. The monoisotopic (exact) mass is 273 g/mol. The summed E-state index contributed by atoms with van der Waals surface area (Å²) in [5, 5.41) is 19.8. The zero-order chi connectivity index (χ0) is 14.7. The molecular formula is C14H11NO5. The Morgan fingerprint density at radius 3 is 2.50 bits per heavy atom. The SMILES string of the molecule is COc1cc(-c2cccc([N+](=O)[O-])c2)ccc1C(=O)O. The van der Waals surface area contributed by atoms with Crippen molar-refractivity contribution in [2.24, 2.45) is 0 Å². The van der Waals surface area contributed by atoms with Crippen molar-refractivity contribution >= 4 is 11.7 Å². The van der Waals surface area contributed by atoms with Crippen LogP contribution in [0.15, 0.2) is 42.5 Å². The highest BCUT2D eigenvalue weighted by Crippen LogP contribution is 2.29. The van der Waals surface area contributed by atoms with E-state index in [1.807, 2.05) is 0 Å². The van der Waals surface area contributed by atoms with Crippen molar-refractivity contribution in [3.63, 3.8) is 0 Å². The fraction of sp³-hybridized carbons (Fsp3) is 0.0714. The van der Waals surface area contributed by atoms with Crippen molar-refractivity contribution in [1.82, 2.24) is 0 Å². The third-order valence-electron chi connectivity index (χ3n) is 2.82. The zero-order valence-corrected chi connectivity index (χ0v) is 10.6. The van der Waals surface area contributed by atoms with E-state index in [1.165, 1.54) is 25.3 Å². The number of nitro benzene ring substituents is 1. The number of ether oxygens (including phenoxy) is 1. The van der Waals surface area contributed by atoms with Gasteiger partial charge in [0.25, 0.3) is 5.69 Å². The normalized spacial score (nSPS) is 10.1. The van der Waals surface area contributed by atoms with Crippen molar-refractivity contribution < 1.29 is 19.6 Å². The average Bonchev–Trinajstić information content (AvgIpc) is 2.46. The molecule has 0 bridgehead atoms. The molecule has 2 aromatic carbocycles. The zero-order valence-electron chi connectivity index (χ0n) is 10.6. The molecule has 0 aliphatic rings. The van der Waals surface area contributed by atoms with Gasteiger partial charge in [0.15, 0.2) is 0 Å². The lowest BCUT2D eigenvalue weighted by atomic mass is 10.0. The van der Waals surface area contributed by atoms with Crippen molar-refractivity contribution in [3.8, 4) is 16.9 Å². The third-order valence-corrected chi connectivity index (χ3v) is 2.82. The predicted octanol–water partition coefficient (Wildman–Crippen LogP) is 2.97. The largest absolute Gasteiger partial charge is 0.496 e. The molecule has 0 aliphatic heterocycles. The number of carboxylic acid groups (broad SMARTS) is 1. The van der Waals surface area contributed by atoms with Crippen LogP contribution >= 0.6 is 0 Å². The van der Waals surface area contributed by atoms with Gasteiger partial charge >= 0.3 is 5.97 Å². The molecule has 0 fully saturated rings. The number of carbonyl (C=O) groups is 1. The predicted molar refractivity (Wildman–Crippen MR) is 72.0 cm³/mol. The topological polar surface area (TPSA) is 89.7 Å². The summed E-state index contributed by atoms with van der Waals surface area (Å²) in [5.74, 6) is -0.881. The summed E-state index contributed by atoms with van der Waals surface area (Å²) in [5.41, 5.74) is 1.29. The number of non-ortho nitro benzene ring substituents is 1. The molecule has 1 N–H and O–H groups in total. The molecule has 0 heterocycles. The van der Waals surface area contributed by atoms with Gasteiger partial charge < -0.3 is 9.84 Å². The number of hydrogen-bond donors (Lipinski definition) is 1. The maximum Gasteiger partial charge on any atom is 0.339 e. The number of aromatic carboxylic acids is 1. The van der Waals surface area contributed by atoms with Crippen LogP contribution in [0, 0.1) is 10.1 Å². The van der Waals surface area contributed by atoms with Crippen LogP contribution < -0.4 is 4.74 Å². The number of hydrogen-bond acceptors (Lipinski definition) is 4. The van der Waals surface area contributed by atoms with Crippen molar-refractivity contribution in [2.45, 2.75) is 0 Å². The Bertz CT molecular complexity index is 681. The molecule has 0 atom stereocenters. The highest BCUT2D eigenvalue weighted by atomic mass is 16.6. The summed E-state index contributed by atoms with van der Waals surface area (Å²) in [7, 11) is 1.37. The summed E-state index contributed by atoms with van der Waals surface area (Å²) in [4.78, 5) is 21.3. The number of nitrogens with zero attached hydrogens (tertiary/aromatic N) is 1. The Kier molecular flexibility index (Phi) is 3.65. The van der Waals surface area contributed by atoms with Crippen LogP contribution in [-0.2, 0) is 0 Å². The lowest BCUT2D eigenvalue weighted by Crippen LogP contribution is -2.00. The number of carboxylic acids is 1. The Balaban J connectivity index is 2.50. The van der Waals surface area contributed by atoms with Crippen molar-refractivity contribution in [2.75, 3.05) is 7.11 Å². The van der Waals surface area contributed by atoms with Gasteiger partial charge in [0.2, 0.25) is 0 Å². The fourth-order valence-corrected chi connectivity index (χ4v) is 1.85. The molecule has 0 amide bonds. The number of methoxy groups -OCH3 is 1. The van der Waals surface area contributed by atoms with Gasteiger partial charge in [-0.3, -0.25) is 10.1 Å². The van der Waals surface area contributed by atoms with E-state index in [-0.39, 0.29) is 17.0 Å². The fourth-order valence-electron chi connectivity index (χ4n) is 1.85. The van der Waals surface area contributed by atoms with Crippen LogP contribution in [0.1, 0.15) is 10.4 Å². The summed E-state index contributed by atoms with van der Waals surface area (Å²) in [6.07, 6.45) is 0. The molecule has 0 spiro atoms. The average molecular weight is 273 g/mol. The van der Waals surface area contributed by atoms with Gasteiger partial charge in [-0.2, -0.15) is 0 Å². The van der Waals surface area contributed by atoms with Gasteiger partial charge in [-0.25, -0.2) is 4.79 Å². The van der Waals surface area contributed by atoms with E-state index in [0.717, 1.165) is 0 Å². The first-order valence-electron chi connectivity index (χ1n) is 5.69. The minimum atomic E-state index is -1.09. The molecule has 0 saturated heterocycles. The second kappa shape index (κ2) is 5.40. The van der Waals surface area contributed by atoms with Crippen LogP contribution in [0.4, 0.5) is 5.69 Å². The minimum Gasteiger partial charge on any atom is -0.496 e. The van der Waals surface area contributed by atoms with E-state index in [0.29, 0.717) is 11.1 Å². The van der Waals surface area contributed by atoms with E-state index in [2.05, 4.69) is 0 Å². The van der Waals surface area contributed by atoms with Crippen LogP contribution in [0.3, 0.4) is 0 Å². The molecule has 6 heteroatoms. The summed E-state index contributed by atoms with van der Waals surface area (Å²) >= 11 is 0. The Morgan fingerprint density at radius 1 is 1.20 bits per heavy atom. The number of rotatable bonds is 4. The molecular weight excluding hydrogens is 262 g/mol. The van der Waals surface area contributed by atoms with Crippen LogP contribution in [0.2, 0.25) is 0 Å². The molecule has 20 heavy (non-hydrogen) atoms. The second-order valence-corrected chi connectivity index (χ2v) is 4.03. The first-order chi connectivity index (χ1) is 9.52. The Labute approximate surface area is 114 Å². The maximum atomic E-state index is 11.0. The molecule has 2 aromatic rings. The third kappa shape index (κ3) is 2.59. The Morgan fingerprint density at radius 2 is 1.90 bits per heavy atom. The lowest BCUT2D eigenvalue weighted by molar-refractivity contribution is -0.384. The molecule has 0 unspecified atom stereocenters. The van der Waals surface area contributed by atoms with Gasteiger partial charge in [0.1, 0.15) is 11.3 Å². The van der Waals surface area contributed by atoms with Crippen LogP contribution in [0.5, 0.6) is 5.75 Å². The van der Waals surface area contributed by atoms with E-state index in [9.17, 15) is 14.9 Å².